The maximum atomic E-state index is 6.62. The van der Waals surface area contributed by atoms with Crippen LogP contribution in [0.3, 0.4) is 0 Å². The highest BCUT2D eigenvalue weighted by Crippen LogP contribution is 2.47. The largest absolute Gasteiger partial charge is 0.491 e. The lowest BCUT2D eigenvalue weighted by atomic mass is 9.85. The van der Waals surface area contributed by atoms with E-state index in [-0.39, 0.29) is 17.9 Å². The van der Waals surface area contributed by atoms with Gasteiger partial charge in [0.2, 0.25) is 0 Å². The first-order valence-corrected chi connectivity index (χ1v) is 8.89. The van der Waals surface area contributed by atoms with E-state index in [1.54, 1.807) is 0 Å². The minimum Gasteiger partial charge on any atom is -0.491 e. The van der Waals surface area contributed by atoms with Crippen LogP contribution in [0.1, 0.15) is 57.9 Å². The highest BCUT2D eigenvalue weighted by atomic mass is 16.5. The molecule has 3 heteroatoms. The molecule has 0 fully saturated rings. The summed E-state index contributed by atoms with van der Waals surface area (Å²) in [6, 6.07) is 16.6. The number of fused-ring (bicyclic) bond motifs is 1. The van der Waals surface area contributed by atoms with Crippen LogP contribution in [-0.2, 0) is 10.3 Å². The van der Waals surface area contributed by atoms with E-state index in [9.17, 15) is 0 Å². The summed E-state index contributed by atoms with van der Waals surface area (Å²) in [6.45, 7) is 8.48. The van der Waals surface area contributed by atoms with Gasteiger partial charge in [0.05, 0.1) is 11.7 Å². The zero-order valence-electron chi connectivity index (χ0n) is 15.0. The normalized spacial score (nSPS) is 18.8. The Bertz CT molecular complexity index is 692. The van der Waals surface area contributed by atoms with Crippen LogP contribution in [0.25, 0.3) is 0 Å². The van der Waals surface area contributed by atoms with Crippen LogP contribution < -0.4 is 10.1 Å². The lowest BCUT2D eigenvalue weighted by molar-refractivity contribution is -0.104. The first-order valence-electron chi connectivity index (χ1n) is 8.89. The fourth-order valence-corrected chi connectivity index (χ4v) is 3.46. The minimum atomic E-state index is -0.266. The van der Waals surface area contributed by atoms with Gasteiger partial charge in [0.25, 0.3) is 0 Å². The van der Waals surface area contributed by atoms with E-state index in [1.807, 2.05) is 32.0 Å². The van der Waals surface area contributed by atoms with E-state index < -0.39 is 0 Å². The molecular formula is C21H27NO2. The van der Waals surface area contributed by atoms with Crippen molar-refractivity contribution in [2.45, 2.75) is 58.5 Å². The molecule has 2 aromatic carbocycles. The van der Waals surface area contributed by atoms with Gasteiger partial charge in [0, 0.05) is 16.8 Å². The van der Waals surface area contributed by atoms with E-state index in [4.69, 9.17) is 9.47 Å². The second kappa shape index (κ2) is 6.86. The predicted octanol–water partition coefficient (Wildman–Crippen LogP) is 5.63. The summed E-state index contributed by atoms with van der Waals surface area (Å²) >= 11 is 0. The SMILES string of the molecule is CCC1(CC)O[C@@H](c2ccccc2OC(C)C)Nc2ccccc21. The van der Waals surface area contributed by atoms with Crippen LogP contribution in [0, 0.1) is 0 Å². The van der Waals surface area contributed by atoms with Gasteiger partial charge in [0.15, 0.2) is 6.23 Å². The molecule has 1 atom stereocenters. The van der Waals surface area contributed by atoms with E-state index in [0.29, 0.717) is 0 Å². The molecule has 0 aliphatic carbocycles. The Balaban J connectivity index is 2.03. The second-order valence-electron chi connectivity index (χ2n) is 6.59. The topological polar surface area (TPSA) is 30.5 Å². The van der Waals surface area contributed by atoms with Crippen molar-refractivity contribution in [2.75, 3.05) is 5.32 Å². The van der Waals surface area contributed by atoms with E-state index in [2.05, 4.69) is 49.5 Å². The highest BCUT2D eigenvalue weighted by Gasteiger charge is 2.39. The van der Waals surface area contributed by atoms with Crippen molar-refractivity contribution in [3.8, 4) is 5.75 Å². The van der Waals surface area contributed by atoms with E-state index in [1.165, 1.54) is 5.56 Å². The third-order valence-electron chi connectivity index (χ3n) is 4.75. The number of benzene rings is 2. The minimum absolute atomic E-state index is 0.129. The molecule has 0 saturated heterocycles. The Labute approximate surface area is 145 Å². The fraction of sp³-hybridized carbons (Fsp3) is 0.429. The van der Waals surface area contributed by atoms with Crippen LogP contribution in [0.15, 0.2) is 48.5 Å². The molecule has 0 saturated carbocycles. The molecule has 1 aliphatic heterocycles. The molecule has 1 N–H and O–H groups in total. The molecule has 0 unspecified atom stereocenters. The van der Waals surface area contributed by atoms with Gasteiger partial charge in [-0.1, -0.05) is 50.2 Å². The molecule has 0 aromatic heterocycles. The zero-order valence-corrected chi connectivity index (χ0v) is 15.0. The molecule has 1 heterocycles. The summed E-state index contributed by atoms with van der Waals surface area (Å²) in [6.07, 6.45) is 1.79. The Morgan fingerprint density at radius 1 is 1.04 bits per heavy atom. The predicted molar refractivity (Wildman–Crippen MR) is 98.4 cm³/mol. The molecule has 2 aromatic rings. The first-order chi connectivity index (χ1) is 11.6. The lowest BCUT2D eigenvalue weighted by Gasteiger charge is -2.43. The van der Waals surface area contributed by atoms with Crippen LogP contribution in [0.4, 0.5) is 5.69 Å². The Morgan fingerprint density at radius 3 is 2.42 bits per heavy atom. The van der Waals surface area contributed by atoms with Crippen molar-refractivity contribution >= 4 is 5.69 Å². The van der Waals surface area contributed by atoms with Gasteiger partial charge in [-0.05, 0) is 38.8 Å². The molecule has 0 bridgehead atoms. The van der Waals surface area contributed by atoms with Gasteiger partial charge in [0.1, 0.15) is 5.75 Å². The van der Waals surface area contributed by atoms with Crippen molar-refractivity contribution in [3.63, 3.8) is 0 Å². The average Bonchev–Trinajstić information content (AvgIpc) is 2.60. The smallest absolute Gasteiger partial charge is 0.158 e. The zero-order chi connectivity index (χ0) is 17.2. The second-order valence-corrected chi connectivity index (χ2v) is 6.59. The summed E-state index contributed by atoms with van der Waals surface area (Å²) in [7, 11) is 0. The molecule has 24 heavy (non-hydrogen) atoms. The van der Waals surface area contributed by atoms with E-state index >= 15 is 0 Å². The van der Waals surface area contributed by atoms with Crippen LogP contribution in [-0.4, -0.2) is 6.10 Å². The summed E-state index contributed by atoms with van der Waals surface area (Å²) in [5, 5.41) is 3.55. The highest BCUT2D eigenvalue weighted by molar-refractivity contribution is 5.57. The fourth-order valence-electron chi connectivity index (χ4n) is 3.46. The summed E-state index contributed by atoms with van der Waals surface area (Å²) in [5.74, 6) is 0.880. The third kappa shape index (κ3) is 3.01. The third-order valence-corrected chi connectivity index (χ3v) is 4.75. The average molecular weight is 325 g/mol. The van der Waals surface area contributed by atoms with Gasteiger partial charge in [-0.15, -0.1) is 0 Å². The Morgan fingerprint density at radius 2 is 1.71 bits per heavy atom. The molecule has 3 nitrogen and oxygen atoms in total. The molecule has 3 rings (SSSR count). The molecule has 128 valence electrons. The molecule has 1 aliphatic rings. The maximum Gasteiger partial charge on any atom is 0.158 e. The van der Waals surface area contributed by atoms with Crippen molar-refractivity contribution in [3.05, 3.63) is 59.7 Å². The summed E-state index contributed by atoms with van der Waals surface area (Å²) in [5.41, 5.74) is 3.18. The Hall–Kier alpha value is -2.00. The van der Waals surface area contributed by atoms with Gasteiger partial charge >= 0.3 is 0 Å². The standard InChI is InChI=1S/C21H27NO2/c1-5-21(6-2)17-12-8-9-13-18(17)22-20(24-21)16-11-7-10-14-19(16)23-15(3)4/h7-15,20,22H,5-6H2,1-4H3/t20-/m0/s1. The number of ether oxygens (including phenoxy) is 2. The van der Waals surface area contributed by atoms with Gasteiger partial charge in [-0.2, -0.15) is 0 Å². The van der Waals surface area contributed by atoms with Gasteiger partial charge in [-0.3, -0.25) is 0 Å². The first kappa shape index (κ1) is 16.8. The number of rotatable bonds is 5. The number of nitrogens with one attached hydrogen (secondary N) is 1. The number of para-hydroxylation sites is 2. The summed E-state index contributed by atoms with van der Waals surface area (Å²) in [4.78, 5) is 0. The maximum absolute atomic E-state index is 6.62. The van der Waals surface area contributed by atoms with Crippen LogP contribution in [0.5, 0.6) is 5.75 Å². The molecular weight excluding hydrogens is 298 g/mol. The molecule has 0 spiro atoms. The van der Waals surface area contributed by atoms with E-state index in [0.717, 1.165) is 29.8 Å². The van der Waals surface area contributed by atoms with Gasteiger partial charge in [-0.25, -0.2) is 0 Å². The van der Waals surface area contributed by atoms with Crippen molar-refractivity contribution in [2.24, 2.45) is 0 Å². The van der Waals surface area contributed by atoms with Crippen molar-refractivity contribution in [1.29, 1.82) is 0 Å². The monoisotopic (exact) mass is 325 g/mol. The van der Waals surface area contributed by atoms with Crippen molar-refractivity contribution in [1.82, 2.24) is 0 Å². The molecule has 0 amide bonds. The summed E-state index contributed by atoms with van der Waals surface area (Å²) < 4.78 is 12.6. The van der Waals surface area contributed by atoms with Crippen molar-refractivity contribution < 1.29 is 9.47 Å². The van der Waals surface area contributed by atoms with Crippen LogP contribution in [0.2, 0.25) is 0 Å². The molecule has 0 radical (unpaired) electrons. The van der Waals surface area contributed by atoms with Crippen LogP contribution >= 0.6 is 0 Å². The quantitative estimate of drug-likeness (QED) is 0.773. The Kier molecular flexibility index (Phi) is 4.81. The lowest BCUT2D eigenvalue weighted by Crippen LogP contribution is -2.38. The number of hydrogen-bond acceptors (Lipinski definition) is 3. The van der Waals surface area contributed by atoms with Gasteiger partial charge < -0.3 is 14.8 Å². The number of anilines is 1. The number of hydrogen-bond donors (Lipinski definition) is 1.